The zero-order valence-electron chi connectivity index (χ0n) is 14.8. The summed E-state index contributed by atoms with van der Waals surface area (Å²) in [5.74, 6) is 2.50. The highest BCUT2D eigenvalue weighted by molar-refractivity contribution is 7.11. The van der Waals surface area contributed by atoms with E-state index in [0.29, 0.717) is 12.0 Å². The third-order valence-electron chi connectivity index (χ3n) is 4.15. The molecule has 0 spiro atoms. The molecule has 126 valence electrons. The molecular weight excluding hydrogens is 306 g/mol. The van der Waals surface area contributed by atoms with Gasteiger partial charge in [-0.05, 0) is 6.42 Å². The Morgan fingerprint density at radius 2 is 2.17 bits per heavy atom. The van der Waals surface area contributed by atoms with Crippen LogP contribution in [-0.4, -0.2) is 25.8 Å². The van der Waals surface area contributed by atoms with Crippen LogP contribution in [0.1, 0.15) is 68.5 Å². The van der Waals surface area contributed by atoms with E-state index >= 15 is 0 Å². The van der Waals surface area contributed by atoms with E-state index in [9.17, 15) is 0 Å². The van der Waals surface area contributed by atoms with Crippen molar-refractivity contribution < 1.29 is 0 Å². The number of nitrogens with one attached hydrogen (secondary N) is 1. The van der Waals surface area contributed by atoms with Crippen molar-refractivity contribution in [3.05, 3.63) is 27.7 Å². The number of thiazole rings is 1. The molecule has 5 nitrogen and oxygen atoms in total. The average Bonchev–Trinajstić information content (AvgIpc) is 3.10. The fourth-order valence-electron chi connectivity index (χ4n) is 2.72. The highest BCUT2D eigenvalue weighted by Gasteiger charge is 2.23. The topological polar surface area (TPSA) is 55.6 Å². The van der Waals surface area contributed by atoms with Crippen LogP contribution >= 0.6 is 11.3 Å². The lowest BCUT2D eigenvalue weighted by Crippen LogP contribution is -2.37. The third kappa shape index (κ3) is 3.80. The van der Waals surface area contributed by atoms with Gasteiger partial charge in [-0.3, -0.25) is 0 Å². The molecule has 1 aliphatic heterocycles. The Hall–Kier alpha value is -1.27. The van der Waals surface area contributed by atoms with Crippen LogP contribution in [0.5, 0.6) is 0 Å². The number of hydrogen-bond acceptors (Lipinski definition) is 5. The summed E-state index contributed by atoms with van der Waals surface area (Å²) in [6.07, 6.45) is 4.15. The van der Waals surface area contributed by atoms with E-state index in [-0.39, 0.29) is 5.41 Å². The van der Waals surface area contributed by atoms with Crippen molar-refractivity contribution in [3.8, 4) is 0 Å². The van der Waals surface area contributed by atoms with Gasteiger partial charge < -0.3 is 5.32 Å². The fourth-order valence-corrected chi connectivity index (χ4v) is 3.64. The fraction of sp³-hybridized carbons (Fsp3) is 0.706. The van der Waals surface area contributed by atoms with E-state index < -0.39 is 0 Å². The Bertz CT molecular complexity index is 665. The summed E-state index contributed by atoms with van der Waals surface area (Å²) in [4.78, 5) is 10.5. The van der Waals surface area contributed by atoms with Gasteiger partial charge in [0.05, 0.1) is 11.6 Å². The van der Waals surface area contributed by atoms with Gasteiger partial charge >= 0.3 is 0 Å². The van der Waals surface area contributed by atoms with Gasteiger partial charge in [0.15, 0.2) is 5.82 Å². The number of hydrogen-bond donors (Lipinski definition) is 1. The van der Waals surface area contributed by atoms with E-state index in [2.05, 4.69) is 59.7 Å². The minimum absolute atomic E-state index is 0.136. The van der Waals surface area contributed by atoms with Gasteiger partial charge in [-0.1, -0.05) is 34.6 Å². The molecule has 1 atom stereocenters. The molecule has 1 aliphatic rings. The summed E-state index contributed by atoms with van der Waals surface area (Å²) < 4.78 is 2.09. The van der Waals surface area contributed by atoms with E-state index in [1.54, 1.807) is 0 Å². The summed E-state index contributed by atoms with van der Waals surface area (Å²) in [6.45, 7) is 12.7. The molecule has 6 heteroatoms. The van der Waals surface area contributed by atoms with Crippen molar-refractivity contribution in [2.75, 3.05) is 0 Å². The molecule has 0 fully saturated rings. The maximum atomic E-state index is 4.65. The summed E-state index contributed by atoms with van der Waals surface area (Å²) in [6, 6.07) is 0.462. The number of aryl methyl sites for hydroxylation is 1. The van der Waals surface area contributed by atoms with Crippen molar-refractivity contribution >= 4 is 11.3 Å². The summed E-state index contributed by atoms with van der Waals surface area (Å²) in [5, 5.41) is 9.52. The van der Waals surface area contributed by atoms with Crippen molar-refractivity contribution in [2.45, 2.75) is 77.9 Å². The summed E-state index contributed by atoms with van der Waals surface area (Å²) in [7, 11) is 0. The molecule has 0 radical (unpaired) electrons. The number of rotatable bonds is 4. The zero-order chi connectivity index (χ0) is 16.6. The number of aromatic nitrogens is 4. The molecule has 1 N–H and O–H groups in total. The Labute approximate surface area is 142 Å². The number of nitrogens with zero attached hydrogens (tertiary/aromatic N) is 4. The maximum absolute atomic E-state index is 4.65. The lowest BCUT2D eigenvalue weighted by atomic mass is 9.98. The van der Waals surface area contributed by atoms with Crippen molar-refractivity contribution in [3.63, 3.8) is 0 Å². The molecule has 3 rings (SSSR count). The van der Waals surface area contributed by atoms with Gasteiger partial charge in [0.25, 0.3) is 0 Å². The van der Waals surface area contributed by atoms with Gasteiger partial charge in [0, 0.05) is 41.4 Å². The van der Waals surface area contributed by atoms with Crippen molar-refractivity contribution in [2.24, 2.45) is 0 Å². The van der Waals surface area contributed by atoms with Crippen LogP contribution < -0.4 is 5.32 Å². The standard InChI is InChI=1S/C17H27N5S/c1-11(2)15-20-14-7-6-12(10-22(14)21-15)18-8-13-9-19-16(23-13)17(3,4)5/h9,11-12,18H,6-8,10H2,1-5H3/t12-/m0/s1. The second-order valence-corrected chi connectivity index (χ2v) is 8.84. The van der Waals surface area contributed by atoms with Crippen molar-refractivity contribution in [1.82, 2.24) is 25.1 Å². The van der Waals surface area contributed by atoms with E-state index in [1.165, 1.54) is 9.88 Å². The first-order chi connectivity index (χ1) is 10.8. The van der Waals surface area contributed by atoms with Gasteiger partial charge in [0.1, 0.15) is 5.82 Å². The van der Waals surface area contributed by atoms with Gasteiger partial charge in [0.2, 0.25) is 0 Å². The van der Waals surface area contributed by atoms with Crippen LogP contribution in [0, 0.1) is 0 Å². The van der Waals surface area contributed by atoms with E-state index in [1.807, 2.05) is 17.5 Å². The Balaban J connectivity index is 1.58. The highest BCUT2D eigenvalue weighted by Crippen LogP contribution is 2.27. The van der Waals surface area contributed by atoms with Crippen LogP contribution in [0.3, 0.4) is 0 Å². The second kappa shape index (κ2) is 6.32. The molecule has 0 bridgehead atoms. The maximum Gasteiger partial charge on any atom is 0.153 e. The third-order valence-corrected chi connectivity index (χ3v) is 5.57. The molecule has 0 aromatic carbocycles. The van der Waals surface area contributed by atoms with Crippen LogP contribution in [0.4, 0.5) is 0 Å². The first kappa shape index (κ1) is 16.6. The van der Waals surface area contributed by atoms with E-state index in [0.717, 1.165) is 37.6 Å². The summed E-state index contributed by atoms with van der Waals surface area (Å²) in [5.41, 5.74) is 0.136. The molecular formula is C17H27N5S. The molecule has 0 aliphatic carbocycles. The van der Waals surface area contributed by atoms with Gasteiger partial charge in [-0.25, -0.2) is 14.6 Å². The van der Waals surface area contributed by atoms with E-state index in [4.69, 9.17) is 0 Å². The van der Waals surface area contributed by atoms with Crippen LogP contribution in [0.25, 0.3) is 0 Å². The second-order valence-electron chi connectivity index (χ2n) is 7.72. The molecule has 2 aromatic rings. The Kier molecular flexibility index (Phi) is 4.56. The predicted molar refractivity (Wildman–Crippen MR) is 93.9 cm³/mol. The van der Waals surface area contributed by atoms with Crippen molar-refractivity contribution in [1.29, 1.82) is 0 Å². The molecule has 0 saturated heterocycles. The minimum atomic E-state index is 0.136. The first-order valence-corrected chi connectivity index (χ1v) is 9.27. The lowest BCUT2D eigenvalue weighted by molar-refractivity contribution is 0.358. The number of fused-ring (bicyclic) bond motifs is 1. The molecule has 2 aromatic heterocycles. The lowest BCUT2D eigenvalue weighted by Gasteiger charge is -2.23. The first-order valence-electron chi connectivity index (χ1n) is 8.45. The summed E-state index contributed by atoms with van der Waals surface area (Å²) >= 11 is 1.81. The van der Waals surface area contributed by atoms with Crippen LogP contribution in [0.2, 0.25) is 0 Å². The molecule has 0 saturated carbocycles. The molecule has 0 amide bonds. The van der Waals surface area contributed by atoms with Gasteiger partial charge in [-0.15, -0.1) is 11.3 Å². The SMILES string of the molecule is CC(C)c1nc2n(n1)C[C@@H](NCc1cnc(C(C)(C)C)s1)CC2. The average molecular weight is 334 g/mol. The largest absolute Gasteiger partial charge is 0.307 e. The Morgan fingerprint density at radius 3 is 2.83 bits per heavy atom. The minimum Gasteiger partial charge on any atom is -0.307 e. The van der Waals surface area contributed by atoms with Crippen LogP contribution in [-0.2, 0) is 24.9 Å². The van der Waals surface area contributed by atoms with Crippen LogP contribution in [0.15, 0.2) is 6.20 Å². The predicted octanol–water partition coefficient (Wildman–Crippen LogP) is 3.26. The quantitative estimate of drug-likeness (QED) is 0.933. The molecule has 0 unspecified atom stereocenters. The van der Waals surface area contributed by atoms with Gasteiger partial charge in [-0.2, -0.15) is 5.10 Å². The molecule has 3 heterocycles. The highest BCUT2D eigenvalue weighted by atomic mass is 32.1. The monoisotopic (exact) mass is 333 g/mol. The zero-order valence-corrected chi connectivity index (χ0v) is 15.6. The normalized spacial score (nSPS) is 18.4. The Morgan fingerprint density at radius 1 is 1.39 bits per heavy atom. The smallest absolute Gasteiger partial charge is 0.153 e. The molecule has 23 heavy (non-hydrogen) atoms.